The monoisotopic (exact) mass is 479 g/mol. The summed E-state index contributed by atoms with van der Waals surface area (Å²) in [6.45, 7) is 2.06. The van der Waals surface area contributed by atoms with Gasteiger partial charge in [0.15, 0.2) is 5.16 Å². The number of aromatic nitrogens is 2. The van der Waals surface area contributed by atoms with Crippen LogP contribution in [0.5, 0.6) is 0 Å². The van der Waals surface area contributed by atoms with E-state index < -0.39 is 0 Å². The van der Waals surface area contributed by atoms with E-state index in [1.165, 1.54) is 22.7 Å². The first-order chi connectivity index (χ1) is 16.0. The second kappa shape index (κ2) is 9.11. The third-order valence-electron chi connectivity index (χ3n) is 5.76. The molecule has 0 fully saturated rings. The van der Waals surface area contributed by atoms with Crippen molar-refractivity contribution in [2.24, 2.45) is 0 Å². The molecule has 2 aromatic carbocycles. The van der Waals surface area contributed by atoms with Crippen LogP contribution < -0.4 is 10.9 Å². The number of nitrogens with zero attached hydrogens (tertiary/aromatic N) is 2. The SMILES string of the molecule is Cc1ccc(NC(=O)CSc2nc3sc4c(c3c(=O)n2Cc2ccccc2)CCC4)cc1F. The van der Waals surface area contributed by atoms with Gasteiger partial charge in [-0.25, -0.2) is 9.37 Å². The molecule has 0 aliphatic heterocycles. The van der Waals surface area contributed by atoms with Crippen molar-refractivity contribution < 1.29 is 9.18 Å². The average Bonchev–Trinajstić information content (AvgIpc) is 3.39. The number of thioether (sulfide) groups is 1. The molecule has 1 aliphatic rings. The molecule has 0 saturated heterocycles. The zero-order valence-corrected chi connectivity index (χ0v) is 19.7. The van der Waals surface area contributed by atoms with E-state index in [1.807, 2.05) is 30.3 Å². The smallest absolute Gasteiger partial charge is 0.263 e. The predicted octanol–water partition coefficient (Wildman–Crippen LogP) is 5.17. The van der Waals surface area contributed by atoms with Crippen LogP contribution >= 0.6 is 23.1 Å². The lowest BCUT2D eigenvalue weighted by Crippen LogP contribution is -2.25. The molecule has 2 heterocycles. The molecule has 1 amide bonds. The van der Waals surface area contributed by atoms with Gasteiger partial charge in [0.25, 0.3) is 5.56 Å². The van der Waals surface area contributed by atoms with Gasteiger partial charge in [0.2, 0.25) is 5.91 Å². The quantitative estimate of drug-likeness (QED) is 0.306. The number of thiophene rings is 1. The molecule has 8 heteroatoms. The number of rotatable bonds is 6. The number of benzene rings is 2. The summed E-state index contributed by atoms with van der Waals surface area (Å²) in [6.07, 6.45) is 2.98. The molecule has 0 saturated carbocycles. The number of nitrogens with one attached hydrogen (secondary N) is 1. The molecule has 0 bridgehead atoms. The van der Waals surface area contributed by atoms with E-state index in [1.54, 1.807) is 35.0 Å². The lowest BCUT2D eigenvalue weighted by molar-refractivity contribution is -0.113. The Morgan fingerprint density at radius 1 is 1.21 bits per heavy atom. The van der Waals surface area contributed by atoms with Crippen molar-refractivity contribution in [2.45, 2.75) is 37.9 Å². The maximum absolute atomic E-state index is 13.8. The fourth-order valence-corrected chi connectivity index (χ4v) is 6.17. The highest BCUT2D eigenvalue weighted by molar-refractivity contribution is 7.99. The van der Waals surface area contributed by atoms with Crippen molar-refractivity contribution in [3.05, 3.63) is 86.3 Å². The van der Waals surface area contributed by atoms with Crippen LogP contribution in [0.4, 0.5) is 10.1 Å². The molecule has 0 spiro atoms. The molecular weight excluding hydrogens is 457 g/mol. The molecule has 0 unspecified atom stereocenters. The molecule has 33 heavy (non-hydrogen) atoms. The largest absolute Gasteiger partial charge is 0.325 e. The molecule has 0 radical (unpaired) electrons. The predicted molar refractivity (Wildman–Crippen MR) is 132 cm³/mol. The third kappa shape index (κ3) is 4.45. The number of hydrogen-bond acceptors (Lipinski definition) is 5. The molecule has 1 N–H and O–H groups in total. The third-order valence-corrected chi connectivity index (χ3v) is 7.92. The van der Waals surface area contributed by atoms with Gasteiger partial charge in [-0.3, -0.25) is 14.2 Å². The molecule has 2 aromatic heterocycles. The second-order valence-electron chi connectivity index (χ2n) is 8.11. The maximum atomic E-state index is 13.8. The average molecular weight is 480 g/mol. The fourth-order valence-electron chi connectivity index (χ4n) is 4.07. The van der Waals surface area contributed by atoms with Crippen LogP contribution in [-0.2, 0) is 24.2 Å². The number of carbonyl (C=O) groups is 1. The number of fused-ring (bicyclic) bond motifs is 3. The highest BCUT2D eigenvalue weighted by atomic mass is 32.2. The number of amides is 1. The van der Waals surface area contributed by atoms with Gasteiger partial charge >= 0.3 is 0 Å². The minimum atomic E-state index is -0.366. The first-order valence-corrected chi connectivity index (χ1v) is 12.6. The highest BCUT2D eigenvalue weighted by Gasteiger charge is 2.23. The fraction of sp³-hybridized carbons (Fsp3) is 0.240. The summed E-state index contributed by atoms with van der Waals surface area (Å²) in [7, 11) is 0. The summed E-state index contributed by atoms with van der Waals surface area (Å²) in [5, 5.41) is 3.96. The van der Waals surface area contributed by atoms with E-state index in [9.17, 15) is 14.0 Å². The Labute approximate surface area is 198 Å². The van der Waals surface area contributed by atoms with Crippen molar-refractivity contribution in [2.75, 3.05) is 11.1 Å². The van der Waals surface area contributed by atoms with Gasteiger partial charge < -0.3 is 5.32 Å². The molecule has 5 rings (SSSR count). The Balaban J connectivity index is 1.44. The lowest BCUT2D eigenvalue weighted by atomic mass is 10.2. The summed E-state index contributed by atoms with van der Waals surface area (Å²) < 4.78 is 15.5. The number of halogens is 1. The highest BCUT2D eigenvalue weighted by Crippen LogP contribution is 2.35. The van der Waals surface area contributed by atoms with Crippen LogP contribution in [0.25, 0.3) is 10.2 Å². The summed E-state index contributed by atoms with van der Waals surface area (Å²) in [5.74, 6) is -0.583. The number of carbonyl (C=O) groups excluding carboxylic acids is 1. The molecule has 5 nitrogen and oxygen atoms in total. The number of anilines is 1. The van der Waals surface area contributed by atoms with Crippen LogP contribution in [0.3, 0.4) is 0 Å². The van der Waals surface area contributed by atoms with Gasteiger partial charge in [0.05, 0.1) is 17.7 Å². The first-order valence-electron chi connectivity index (χ1n) is 10.8. The van der Waals surface area contributed by atoms with Crippen LogP contribution in [-0.4, -0.2) is 21.2 Å². The second-order valence-corrected chi connectivity index (χ2v) is 10.1. The van der Waals surface area contributed by atoms with E-state index in [0.717, 1.165) is 40.6 Å². The van der Waals surface area contributed by atoms with Crippen molar-refractivity contribution in [1.29, 1.82) is 0 Å². The van der Waals surface area contributed by atoms with Gasteiger partial charge in [-0.1, -0.05) is 48.2 Å². The molecule has 1 aliphatic carbocycles. The summed E-state index contributed by atoms with van der Waals surface area (Å²) in [4.78, 5) is 32.9. The van der Waals surface area contributed by atoms with Crippen LogP contribution in [0.15, 0.2) is 58.5 Å². The minimum absolute atomic E-state index is 0.0493. The van der Waals surface area contributed by atoms with Crippen LogP contribution in [0, 0.1) is 12.7 Å². The molecule has 0 atom stereocenters. The summed E-state index contributed by atoms with van der Waals surface area (Å²) in [5.41, 5.74) is 3.02. The topological polar surface area (TPSA) is 64.0 Å². The van der Waals surface area contributed by atoms with Gasteiger partial charge in [-0.2, -0.15) is 0 Å². The normalized spacial score (nSPS) is 12.8. The van der Waals surface area contributed by atoms with E-state index in [4.69, 9.17) is 4.98 Å². The Morgan fingerprint density at radius 2 is 2.03 bits per heavy atom. The maximum Gasteiger partial charge on any atom is 0.263 e. The Hall–Kier alpha value is -2.97. The molecule has 4 aromatic rings. The van der Waals surface area contributed by atoms with Crippen molar-refractivity contribution in [3.8, 4) is 0 Å². The van der Waals surface area contributed by atoms with E-state index in [0.29, 0.717) is 23.0 Å². The Morgan fingerprint density at radius 3 is 2.82 bits per heavy atom. The van der Waals surface area contributed by atoms with Crippen molar-refractivity contribution in [1.82, 2.24) is 9.55 Å². The molecular formula is C25H22FN3O2S2. The molecule has 168 valence electrons. The lowest BCUT2D eigenvalue weighted by Gasteiger charge is -2.13. The standard InChI is InChI=1S/C25H22FN3O2S2/c1-15-10-11-17(12-19(15)26)27-21(30)14-32-25-28-23-22(18-8-5-9-20(18)33-23)24(31)29(25)13-16-6-3-2-4-7-16/h2-4,6-7,10-12H,5,8-9,13-14H2,1H3,(H,27,30). The van der Waals surface area contributed by atoms with Gasteiger partial charge in [-0.15, -0.1) is 11.3 Å². The first kappa shape index (κ1) is 21.9. The zero-order valence-electron chi connectivity index (χ0n) is 18.1. The van der Waals surface area contributed by atoms with E-state index in [-0.39, 0.29) is 23.0 Å². The minimum Gasteiger partial charge on any atom is -0.325 e. The van der Waals surface area contributed by atoms with E-state index >= 15 is 0 Å². The van der Waals surface area contributed by atoms with Crippen LogP contribution in [0.1, 0.15) is 28.0 Å². The Bertz CT molecular complexity index is 1410. The van der Waals surface area contributed by atoms with Crippen LogP contribution in [0.2, 0.25) is 0 Å². The zero-order chi connectivity index (χ0) is 22.9. The van der Waals surface area contributed by atoms with Gasteiger partial charge in [-0.05, 0) is 55.0 Å². The van der Waals surface area contributed by atoms with Gasteiger partial charge in [0, 0.05) is 10.6 Å². The summed E-state index contributed by atoms with van der Waals surface area (Å²) >= 11 is 2.81. The van der Waals surface area contributed by atoms with Gasteiger partial charge in [0.1, 0.15) is 10.6 Å². The number of hydrogen-bond donors (Lipinski definition) is 1. The van der Waals surface area contributed by atoms with E-state index in [2.05, 4.69) is 5.32 Å². The van der Waals surface area contributed by atoms with Crippen molar-refractivity contribution in [3.63, 3.8) is 0 Å². The Kier molecular flexibility index (Phi) is 6.03. The van der Waals surface area contributed by atoms with Crippen molar-refractivity contribution >= 4 is 44.9 Å². The summed E-state index contributed by atoms with van der Waals surface area (Å²) in [6, 6.07) is 14.4. The number of aryl methyl sites for hydroxylation is 3.